The van der Waals surface area contributed by atoms with E-state index in [1.54, 1.807) is 6.92 Å². The lowest BCUT2D eigenvalue weighted by Crippen LogP contribution is -1.94. The molecule has 1 N–H and O–H groups in total. The van der Waals surface area contributed by atoms with Gasteiger partial charge in [-0.25, -0.2) is 9.18 Å². The topological polar surface area (TPSA) is 46.5 Å². The van der Waals surface area contributed by atoms with Gasteiger partial charge in [-0.15, -0.1) is 0 Å². The van der Waals surface area contributed by atoms with Crippen molar-refractivity contribution in [3.05, 3.63) is 35.7 Å². The summed E-state index contributed by atoms with van der Waals surface area (Å²) in [5.74, 6) is -1.05. The molecular weight excluding hydrogens is 199 g/mol. The average Bonchev–Trinajstić information content (AvgIpc) is 2.16. The summed E-state index contributed by atoms with van der Waals surface area (Å²) in [6.45, 7) is 1.59. The number of hydrogen-bond acceptors (Lipinski definition) is 2. The third-order valence-electron chi connectivity index (χ3n) is 1.93. The molecule has 0 amide bonds. The number of halogens is 1. The van der Waals surface area contributed by atoms with E-state index in [1.807, 2.05) is 0 Å². The largest absolute Gasteiger partial charge is 0.496 e. The van der Waals surface area contributed by atoms with E-state index in [2.05, 4.69) is 0 Å². The first-order valence-corrected chi connectivity index (χ1v) is 4.29. The maximum atomic E-state index is 13.0. The Kier molecular flexibility index (Phi) is 3.44. The standard InChI is InChI=1S/C11H11FO3/c1-7(5-11(13)14)9-6-8(12)3-4-10(9)15-2/h3-6H,1-2H3,(H,13,14)/b7-5+. The smallest absolute Gasteiger partial charge is 0.328 e. The van der Waals surface area contributed by atoms with Gasteiger partial charge in [0, 0.05) is 11.6 Å². The molecule has 1 aromatic rings. The van der Waals surface area contributed by atoms with Crippen molar-refractivity contribution in [2.45, 2.75) is 6.92 Å². The van der Waals surface area contributed by atoms with E-state index in [-0.39, 0.29) is 0 Å². The van der Waals surface area contributed by atoms with Crippen LogP contribution in [-0.4, -0.2) is 18.2 Å². The molecule has 15 heavy (non-hydrogen) atoms. The third-order valence-corrected chi connectivity index (χ3v) is 1.93. The van der Waals surface area contributed by atoms with E-state index < -0.39 is 11.8 Å². The van der Waals surface area contributed by atoms with Crippen molar-refractivity contribution in [3.63, 3.8) is 0 Å². The fraction of sp³-hybridized carbons (Fsp3) is 0.182. The molecule has 0 saturated heterocycles. The zero-order valence-corrected chi connectivity index (χ0v) is 8.45. The maximum Gasteiger partial charge on any atom is 0.328 e. The van der Waals surface area contributed by atoms with Gasteiger partial charge in [0.1, 0.15) is 11.6 Å². The zero-order valence-electron chi connectivity index (χ0n) is 8.45. The van der Waals surface area contributed by atoms with Crippen molar-refractivity contribution < 1.29 is 19.0 Å². The normalized spacial score (nSPS) is 11.3. The monoisotopic (exact) mass is 210 g/mol. The fourth-order valence-corrected chi connectivity index (χ4v) is 1.25. The van der Waals surface area contributed by atoms with Crippen LogP contribution in [0.15, 0.2) is 24.3 Å². The molecule has 0 spiro atoms. The van der Waals surface area contributed by atoms with Gasteiger partial charge >= 0.3 is 5.97 Å². The van der Waals surface area contributed by atoms with Crippen LogP contribution in [0.5, 0.6) is 5.75 Å². The van der Waals surface area contributed by atoms with Gasteiger partial charge in [0.2, 0.25) is 0 Å². The number of carbonyl (C=O) groups is 1. The minimum absolute atomic E-state index is 0.427. The second-order valence-electron chi connectivity index (χ2n) is 3.01. The minimum atomic E-state index is -1.07. The van der Waals surface area contributed by atoms with Crippen LogP contribution >= 0.6 is 0 Å². The highest BCUT2D eigenvalue weighted by Crippen LogP contribution is 2.26. The van der Waals surface area contributed by atoms with Gasteiger partial charge in [-0.2, -0.15) is 0 Å². The van der Waals surface area contributed by atoms with Crippen molar-refractivity contribution in [1.82, 2.24) is 0 Å². The Morgan fingerprint density at radius 1 is 1.53 bits per heavy atom. The van der Waals surface area contributed by atoms with Crippen LogP contribution < -0.4 is 4.74 Å². The van der Waals surface area contributed by atoms with E-state index in [0.29, 0.717) is 16.9 Å². The summed E-state index contributed by atoms with van der Waals surface area (Å²) in [6.07, 6.45) is 1.01. The van der Waals surface area contributed by atoms with Gasteiger partial charge < -0.3 is 9.84 Å². The summed E-state index contributed by atoms with van der Waals surface area (Å²) in [6, 6.07) is 3.97. The summed E-state index contributed by atoms with van der Waals surface area (Å²) in [7, 11) is 1.45. The molecule has 80 valence electrons. The molecule has 0 aliphatic heterocycles. The first-order chi connectivity index (χ1) is 7.04. The Labute approximate surface area is 86.8 Å². The molecule has 0 saturated carbocycles. The molecule has 0 aliphatic rings. The average molecular weight is 210 g/mol. The Balaban J connectivity index is 3.22. The Morgan fingerprint density at radius 2 is 2.20 bits per heavy atom. The molecular formula is C11H11FO3. The van der Waals surface area contributed by atoms with Gasteiger partial charge in [0.25, 0.3) is 0 Å². The number of methoxy groups -OCH3 is 1. The number of carboxylic acids is 1. The summed E-state index contributed by atoms with van der Waals surface area (Å²) in [5.41, 5.74) is 0.888. The van der Waals surface area contributed by atoms with Crippen LogP contribution in [0.2, 0.25) is 0 Å². The molecule has 0 aromatic heterocycles. The lowest BCUT2D eigenvalue weighted by molar-refractivity contribution is -0.131. The molecule has 0 unspecified atom stereocenters. The third kappa shape index (κ3) is 2.80. The van der Waals surface area contributed by atoms with E-state index in [9.17, 15) is 9.18 Å². The van der Waals surface area contributed by atoms with E-state index in [1.165, 1.54) is 25.3 Å². The van der Waals surface area contributed by atoms with Crippen molar-refractivity contribution >= 4 is 11.5 Å². The number of carboxylic acid groups (broad SMARTS) is 1. The molecule has 0 fully saturated rings. The van der Waals surface area contributed by atoms with Crippen LogP contribution in [0.25, 0.3) is 5.57 Å². The fourth-order valence-electron chi connectivity index (χ4n) is 1.25. The Bertz CT molecular complexity index is 410. The molecule has 4 heteroatoms. The zero-order chi connectivity index (χ0) is 11.4. The number of aliphatic carboxylic acids is 1. The first-order valence-electron chi connectivity index (χ1n) is 4.29. The van der Waals surface area contributed by atoms with Crippen LogP contribution in [0.3, 0.4) is 0 Å². The van der Waals surface area contributed by atoms with Crippen molar-refractivity contribution in [2.75, 3.05) is 7.11 Å². The quantitative estimate of drug-likeness (QED) is 0.779. The number of rotatable bonds is 3. The SMILES string of the molecule is COc1ccc(F)cc1/C(C)=C/C(=O)O. The van der Waals surface area contributed by atoms with Crippen molar-refractivity contribution in [2.24, 2.45) is 0 Å². The predicted octanol–water partition coefficient (Wildman–Crippen LogP) is 2.32. The molecule has 3 nitrogen and oxygen atoms in total. The van der Waals surface area contributed by atoms with Gasteiger partial charge in [0.15, 0.2) is 0 Å². The van der Waals surface area contributed by atoms with Crippen LogP contribution in [-0.2, 0) is 4.79 Å². The Hall–Kier alpha value is -1.84. The van der Waals surface area contributed by atoms with Gasteiger partial charge in [-0.1, -0.05) is 0 Å². The second-order valence-corrected chi connectivity index (χ2v) is 3.01. The summed E-state index contributed by atoms with van der Waals surface area (Å²) in [4.78, 5) is 10.5. The summed E-state index contributed by atoms with van der Waals surface area (Å²) >= 11 is 0. The molecule has 0 heterocycles. The molecule has 0 radical (unpaired) electrons. The second kappa shape index (κ2) is 4.59. The lowest BCUT2D eigenvalue weighted by atomic mass is 10.1. The first kappa shape index (κ1) is 11.2. The molecule has 1 aromatic carbocycles. The van der Waals surface area contributed by atoms with Gasteiger partial charge in [-0.05, 0) is 30.7 Å². The lowest BCUT2D eigenvalue weighted by Gasteiger charge is -2.08. The Morgan fingerprint density at radius 3 is 2.73 bits per heavy atom. The molecule has 0 aliphatic carbocycles. The van der Waals surface area contributed by atoms with E-state index in [0.717, 1.165) is 6.08 Å². The summed E-state index contributed by atoms with van der Waals surface area (Å²) < 4.78 is 18.0. The van der Waals surface area contributed by atoms with E-state index >= 15 is 0 Å². The molecule has 1 rings (SSSR count). The van der Waals surface area contributed by atoms with Gasteiger partial charge in [-0.3, -0.25) is 0 Å². The summed E-state index contributed by atoms with van der Waals surface area (Å²) in [5, 5.41) is 8.57. The predicted molar refractivity (Wildman–Crippen MR) is 54.2 cm³/mol. The number of allylic oxidation sites excluding steroid dienone is 1. The van der Waals surface area contributed by atoms with Crippen LogP contribution in [0, 0.1) is 5.82 Å². The highest BCUT2D eigenvalue weighted by molar-refractivity contribution is 5.90. The minimum Gasteiger partial charge on any atom is -0.496 e. The van der Waals surface area contributed by atoms with Crippen LogP contribution in [0.4, 0.5) is 4.39 Å². The molecule has 0 atom stereocenters. The van der Waals surface area contributed by atoms with Gasteiger partial charge in [0.05, 0.1) is 7.11 Å². The van der Waals surface area contributed by atoms with Crippen molar-refractivity contribution in [1.29, 1.82) is 0 Å². The number of hydrogen-bond donors (Lipinski definition) is 1. The highest BCUT2D eigenvalue weighted by Gasteiger charge is 2.07. The maximum absolute atomic E-state index is 13.0. The van der Waals surface area contributed by atoms with Crippen molar-refractivity contribution in [3.8, 4) is 5.75 Å². The van der Waals surface area contributed by atoms with E-state index in [4.69, 9.17) is 9.84 Å². The van der Waals surface area contributed by atoms with Crippen LogP contribution in [0.1, 0.15) is 12.5 Å². The number of benzene rings is 1. The molecule has 0 bridgehead atoms. The number of ether oxygens (including phenoxy) is 1. The highest BCUT2D eigenvalue weighted by atomic mass is 19.1.